The van der Waals surface area contributed by atoms with Crippen molar-refractivity contribution >= 4 is 0 Å². The highest BCUT2D eigenvalue weighted by atomic mass is 16.3. The molecule has 0 amide bonds. The molecule has 1 aliphatic carbocycles. The van der Waals surface area contributed by atoms with Crippen LogP contribution in [0, 0.1) is 11.8 Å². The topological polar surface area (TPSA) is 20.2 Å². The number of rotatable bonds is 0. The smallest absolute Gasteiger partial charge is 0.0565 e. The Balaban J connectivity index is 2.38. The fraction of sp³-hybridized carbons (Fsp3) is 1.00. The summed E-state index contributed by atoms with van der Waals surface area (Å²) in [5.74, 6) is 1.37. The SMILES string of the molecule is CC1CC[C@@H](C)CCC1O. The Morgan fingerprint density at radius 1 is 1.00 bits per heavy atom. The minimum Gasteiger partial charge on any atom is -0.393 e. The van der Waals surface area contributed by atoms with Gasteiger partial charge in [0.2, 0.25) is 0 Å². The molecule has 10 heavy (non-hydrogen) atoms. The van der Waals surface area contributed by atoms with Crippen LogP contribution in [-0.2, 0) is 0 Å². The molecule has 1 heteroatoms. The summed E-state index contributed by atoms with van der Waals surface area (Å²) < 4.78 is 0. The minimum absolute atomic E-state index is 0.0232. The van der Waals surface area contributed by atoms with Gasteiger partial charge in [0.1, 0.15) is 0 Å². The average Bonchev–Trinajstić information content (AvgIpc) is 2.04. The van der Waals surface area contributed by atoms with Crippen LogP contribution in [0.2, 0.25) is 0 Å². The Morgan fingerprint density at radius 2 is 1.60 bits per heavy atom. The highest BCUT2D eigenvalue weighted by Crippen LogP contribution is 2.26. The molecule has 0 spiro atoms. The number of hydrogen-bond donors (Lipinski definition) is 1. The summed E-state index contributed by atoms with van der Waals surface area (Å²) in [6.07, 6.45) is 4.72. The van der Waals surface area contributed by atoms with Gasteiger partial charge in [0.15, 0.2) is 0 Å². The fourth-order valence-electron chi connectivity index (χ4n) is 1.62. The normalized spacial score (nSPS) is 42.9. The zero-order valence-electron chi connectivity index (χ0n) is 7.01. The van der Waals surface area contributed by atoms with E-state index < -0.39 is 0 Å². The molecule has 0 aromatic rings. The van der Waals surface area contributed by atoms with Crippen LogP contribution in [0.3, 0.4) is 0 Å². The first-order valence-corrected chi connectivity index (χ1v) is 4.38. The lowest BCUT2D eigenvalue weighted by atomic mass is 10.00. The summed E-state index contributed by atoms with van der Waals surface area (Å²) >= 11 is 0. The van der Waals surface area contributed by atoms with E-state index in [2.05, 4.69) is 13.8 Å². The Hall–Kier alpha value is -0.0400. The van der Waals surface area contributed by atoms with Gasteiger partial charge in [-0.15, -0.1) is 0 Å². The molecule has 0 bridgehead atoms. The Morgan fingerprint density at radius 3 is 2.30 bits per heavy atom. The third kappa shape index (κ3) is 1.98. The van der Waals surface area contributed by atoms with Gasteiger partial charge in [0, 0.05) is 0 Å². The minimum atomic E-state index is -0.0232. The summed E-state index contributed by atoms with van der Waals surface area (Å²) in [4.78, 5) is 0. The van der Waals surface area contributed by atoms with Gasteiger partial charge >= 0.3 is 0 Å². The van der Waals surface area contributed by atoms with Crippen molar-refractivity contribution in [1.82, 2.24) is 0 Å². The van der Waals surface area contributed by atoms with Crippen LogP contribution in [0.5, 0.6) is 0 Å². The number of hydrogen-bond acceptors (Lipinski definition) is 1. The van der Waals surface area contributed by atoms with Crippen LogP contribution in [0.15, 0.2) is 0 Å². The van der Waals surface area contributed by atoms with Crippen LogP contribution in [0.1, 0.15) is 39.5 Å². The van der Waals surface area contributed by atoms with E-state index >= 15 is 0 Å². The van der Waals surface area contributed by atoms with Gasteiger partial charge in [0.05, 0.1) is 6.10 Å². The van der Waals surface area contributed by atoms with Crippen molar-refractivity contribution in [2.45, 2.75) is 45.6 Å². The molecular weight excluding hydrogens is 124 g/mol. The van der Waals surface area contributed by atoms with E-state index in [-0.39, 0.29) is 6.10 Å². The first-order chi connectivity index (χ1) is 4.70. The molecule has 60 valence electrons. The molecule has 2 unspecified atom stereocenters. The van der Waals surface area contributed by atoms with Crippen LogP contribution in [0.4, 0.5) is 0 Å². The molecular formula is C9H18O. The summed E-state index contributed by atoms with van der Waals surface area (Å²) in [5.41, 5.74) is 0. The molecule has 0 heterocycles. The first-order valence-electron chi connectivity index (χ1n) is 4.38. The Labute approximate surface area is 63.4 Å². The molecule has 1 saturated carbocycles. The van der Waals surface area contributed by atoms with Gasteiger partial charge in [-0.05, 0) is 31.1 Å². The van der Waals surface area contributed by atoms with Gasteiger partial charge in [-0.25, -0.2) is 0 Å². The van der Waals surface area contributed by atoms with E-state index in [1.807, 2.05) is 0 Å². The van der Waals surface area contributed by atoms with E-state index in [0.29, 0.717) is 5.92 Å². The molecule has 0 aromatic carbocycles. The second-order valence-corrected chi connectivity index (χ2v) is 3.80. The van der Waals surface area contributed by atoms with Crippen LogP contribution in [-0.4, -0.2) is 11.2 Å². The number of aliphatic hydroxyl groups is 1. The second-order valence-electron chi connectivity index (χ2n) is 3.80. The highest BCUT2D eigenvalue weighted by molar-refractivity contribution is 4.71. The molecule has 1 rings (SSSR count). The molecule has 0 radical (unpaired) electrons. The van der Waals surface area contributed by atoms with Crippen molar-refractivity contribution in [3.8, 4) is 0 Å². The molecule has 1 aliphatic rings. The molecule has 1 N–H and O–H groups in total. The van der Waals surface area contributed by atoms with Gasteiger partial charge in [-0.3, -0.25) is 0 Å². The van der Waals surface area contributed by atoms with Crippen molar-refractivity contribution in [2.75, 3.05) is 0 Å². The third-order valence-corrected chi connectivity index (χ3v) is 2.73. The summed E-state index contributed by atoms with van der Waals surface area (Å²) in [6.45, 7) is 4.44. The van der Waals surface area contributed by atoms with Gasteiger partial charge in [-0.1, -0.05) is 20.3 Å². The molecule has 1 nitrogen and oxygen atoms in total. The zero-order chi connectivity index (χ0) is 7.56. The maximum Gasteiger partial charge on any atom is 0.0565 e. The summed E-state index contributed by atoms with van der Waals surface area (Å²) in [5, 5.41) is 9.48. The van der Waals surface area contributed by atoms with Crippen molar-refractivity contribution in [1.29, 1.82) is 0 Å². The zero-order valence-corrected chi connectivity index (χ0v) is 7.01. The van der Waals surface area contributed by atoms with E-state index in [9.17, 15) is 5.11 Å². The van der Waals surface area contributed by atoms with E-state index in [1.54, 1.807) is 0 Å². The largest absolute Gasteiger partial charge is 0.393 e. The lowest BCUT2D eigenvalue weighted by Crippen LogP contribution is -2.14. The van der Waals surface area contributed by atoms with Gasteiger partial charge in [0.25, 0.3) is 0 Å². The predicted octanol–water partition coefficient (Wildman–Crippen LogP) is 2.19. The van der Waals surface area contributed by atoms with Crippen molar-refractivity contribution in [3.05, 3.63) is 0 Å². The Kier molecular flexibility index (Phi) is 2.72. The average molecular weight is 142 g/mol. The molecule has 0 aromatic heterocycles. The lowest BCUT2D eigenvalue weighted by molar-refractivity contribution is 0.109. The standard InChI is InChI=1S/C9H18O/c1-7-3-5-8(2)9(10)6-4-7/h7-10H,3-6H2,1-2H3/t7-,8?,9?/m1/s1. The quantitative estimate of drug-likeness (QED) is 0.514. The van der Waals surface area contributed by atoms with Crippen molar-refractivity contribution in [3.63, 3.8) is 0 Å². The molecule has 3 atom stereocenters. The monoisotopic (exact) mass is 142 g/mol. The third-order valence-electron chi connectivity index (χ3n) is 2.73. The summed E-state index contributed by atoms with van der Waals surface area (Å²) in [6, 6.07) is 0. The molecule has 0 saturated heterocycles. The van der Waals surface area contributed by atoms with E-state index in [0.717, 1.165) is 12.3 Å². The van der Waals surface area contributed by atoms with Crippen LogP contribution >= 0.6 is 0 Å². The van der Waals surface area contributed by atoms with Gasteiger partial charge in [-0.2, -0.15) is 0 Å². The van der Waals surface area contributed by atoms with E-state index in [4.69, 9.17) is 0 Å². The second kappa shape index (κ2) is 3.38. The van der Waals surface area contributed by atoms with Gasteiger partial charge < -0.3 is 5.11 Å². The first kappa shape index (κ1) is 8.06. The van der Waals surface area contributed by atoms with Crippen LogP contribution < -0.4 is 0 Å². The van der Waals surface area contributed by atoms with Crippen molar-refractivity contribution < 1.29 is 5.11 Å². The maximum atomic E-state index is 9.48. The number of aliphatic hydroxyl groups excluding tert-OH is 1. The highest BCUT2D eigenvalue weighted by Gasteiger charge is 2.19. The molecule has 0 aliphatic heterocycles. The van der Waals surface area contributed by atoms with E-state index in [1.165, 1.54) is 19.3 Å². The van der Waals surface area contributed by atoms with Crippen LogP contribution in [0.25, 0.3) is 0 Å². The summed E-state index contributed by atoms with van der Waals surface area (Å²) in [7, 11) is 0. The molecule has 1 fully saturated rings. The fourth-order valence-corrected chi connectivity index (χ4v) is 1.62. The van der Waals surface area contributed by atoms with Crippen molar-refractivity contribution in [2.24, 2.45) is 11.8 Å². The lowest BCUT2D eigenvalue weighted by Gasteiger charge is -2.13. The Bertz CT molecular complexity index is 88.9. The predicted molar refractivity (Wildman–Crippen MR) is 42.8 cm³/mol. The maximum absolute atomic E-state index is 9.48.